The van der Waals surface area contributed by atoms with E-state index in [9.17, 15) is 14.0 Å². The first kappa shape index (κ1) is 21.7. The SMILES string of the molecule is CCCN(CC(=O)N(Cc1ccc(F)cc1)Cc1ccco1)C(=O)CC(C)C. The first-order chi connectivity index (χ1) is 13.4. The minimum absolute atomic E-state index is 0.00932. The molecule has 28 heavy (non-hydrogen) atoms. The van der Waals surface area contributed by atoms with Crippen LogP contribution in [0.4, 0.5) is 4.39 Å². The Morgan fingerprint density at radius 2 is 1.75 bits per heavy atom. The molecule has 152 valence electrons. The Labute approximate surface area is 166 Å². The number of benzene rings is 1. The Balaban J connectivity index is 2.13. The molecule has 0 saturated heterocycles. The van der Waals surface area contributed by atoms with Crippen LogP contribution in [0.1, 0.15) is 44.9 Å². The molecule has 0 bridgehead atoms. The number of rotatable bonds is 10. The summed E-state index contributed by atoms with van der Waals surface area (Å²) in [5, 5.41) is 0. The van der Waals surface area contributed by atoms with E-state index >= 15 is 0 Å². The van der Waals surface area contributed by atoms with Gasteiger partial charge in [-0.05, 0) is 42.2 Å². The van der Waals surface area contributed by atoms with Gasteiger partial charge in [0.25, 0.3) is 0 Å². The predicted molar refractivity (Wildman–Crippen MR) is 106 cm³/mol. The summed E-state index contributed by atoms with van der Waals surface area (Å²) in [6, 6.07) is 9.64. The van der Waals surface area contributed by atoms with Crippen molar-refractivity contribution in [3.05, 3.63) is 59.8 Å². The highest BCUT2D eigenvalue weighted by molar-refractivity contribution is 5.85. The summed E-state index contributed by atoms with van der Waals surface area (Å²) in [6.07, 6.45) is 2.77. The normalized spacial score (nSPS) is 10.9. The average molecular weight is 388 g/mol. The van der Waals surface area contributed by atoms with Crippen LogP contribution < -0.4 is 0 Å². The fourth-order valence-electron chi connectivity index (χ4n) is 2.94. The van der Waals surface area contributed by atoms with Gasteiger partial charge in [-0.15, -0.1) is 0 Å². The number of nitrogens with zero attached hydrogens (tertiary/aromatic N) is 2. The van der Waals surface area contributed by atoms with E-state index in [-0.39, 0.29) is 30.1 Å². The van der Waals surface area contributed by atoms with Crippen molar-refractivity contribution in [2.75, 3.05) is 13.1 Å². The molecule has 0 N–H and O–H groups in total. The maximum Gasteiger partial charge on any atom is 0.242 e. The van der Waals surface area contributed by atoms with Gasteiger partial charge in [-0.2, -0.15) is 0 Å². The van der Waals surface area contributed by atoms with Gasteiger partial charge < -0.3 is 14.2 Å². The number of amides is 2. The number of carbonyl (C=O) groups is 2. The molecular formula is C22H29FN2O3. The van der Waals surface area contributed by atoms with Crippen LogP contribution in [0.3, 0.4) is 0 Å². The summed E-state index contributed by atoms with van der Waals surface area (Å²) in [5.41, 5.74) is 0.817. The van der Waals surface area contributed by atoms with Crippen molar-refractivity contribution in [3.63, 3.8) is 0 Å². The Bertz CT molecular complexity index is 742. The molecule has 0 saturated carbocycles. The van der Waals surface area contributed by atoms with Crippen LogP contribution in [0.2, 0.25) is 0 Å². The summed E-state index contributed by atoms with van der Waals surface area (Å²) in [4.78, 5) is 28.8. The fourth-order valence-corrected chi connectivity index (χ4v) is 2.94. The lowest BCUT2D eigenvalue weighted by atomic mass is 10.1. The zero-order valence-electron chi connectivity index (χ0n) is 16.9. The van der Waals surface area contributed by atoms with Crippen LogP contribution in [-0.4, -0.2) is 34.7 Å². The van der Waals surface area contributed by atoms with Gasteiger partial charge in [-0.3, -0.25) is 9.59 Å². The zero-order chi connectivity index (χ0) is 20.5. The van der Waals surface area contributed by atoms with Crippen LogP contribution in [-0.2, 0) is 22.7 Å². The standard InChI is InChI=1S/C22H29FN2O3/c1-4-11-24(21(26)13-17(2)3)16-22(27)25(15-20-6-5-12-28-20)14-18-7-9-19(23)10-8-18/h5-10,12,17H,4,11,13-16H2,1-3H3. The van der Waals surface area contributed by atoms with Crippen molar-refractivity contribution in [2.45, 2.75) is 46.7 Å². The van der Waals surface area contributed by atoms with E-state index in [1.807, 2.05) is 20.8 Å². The molecular weight excluding hydrogens is 359 g/mol. The summed E-state index contributed by atoms with van der Waals surface area (Å²) < 4.78 is 18.6. The first-order valence-corrected chi connectivity index (χ1v) is 9.71. The number of hydrogen-bond donors (Lipinski definition) is 0. The van der Waals surface area contributed by atoms with Crippen molar-refractivity contribution >= 4 is 11.8 Å². The van der Waals surface area contributed by atoms with E-state index in [0.29, 0.717) is 31.8 Å². The largest absolute Gasteiger partial charge is 0.467 e. The minimum Gasteiger partial charge on any atom is -0.467 e. The van der Waals surface area contributed by atoms with Crippen molar-refractivity contribution in [1.82, 2.24) is 9.80 Å². The average Bonchev–Trinajstić information content (AvgIpc) is 3.15. The van der Waals surface area contributed by atoms with E-state index < -0.39 is 0 Å². The third-order valence-corrected chi connectivity index (χ3v) is 4.32. The minimum atomic E-state index is -0.318. The van der Waals surface area contributed by atoms with Gasteiger partial charge in [0, 0.05) is 19.5 Å². The lowest BCUT2D eigenvalue weighted by Gasteiger charge is -2.27. The maximum absolute atomic E-state index is 13.2. The quantitative estimate of drug-likeness (QED) is 0.612. The lowest BCUT2D eigenvalue weighted by Crippen LogP contribution is -2.43. The zero-order valence-corrected chi connectivity index (χ0v) is 16.9. The first-order valence-electron chi connectivity index (χ1n) is 9.71. The van der Waals surface area contributed by atoms with Gasteiger partial charge >= 0.3 is 0 Å². The Morgan fingerprint density at radius 1 is 1.04 bits per heavy atom. The second-order valence-electron chi connectivity index (χ2n) is 7.37. The lowest BCUT2D eigenvalue weighted by molar-refractivity contribution is -0.141. The van der Waals surface area contributed by atoms with E-state index in [0.717, 1.165) is 12.0 Å². The Morgan fingerprint density at radius 3 is 2.32 bits per heavy atom. The summed E-state index contributed by atoms with van der Waals surface area (Å²) in [5.74, 6) is 0.406. The number of carbonyl (C=O) groups excluding carboxylic acids is 2. The molecule has 0 atom stereocenters. The van der Waals surface area contributed by atoms with Crippen LogP contribution in [0.5, 0.6) is 0 Å². The van der Waals surface area contributed by atoms with Crippen LogP contribution in [0.15, 0.2) is 47.1 Å². The van der Waals surface area contributed by atoms with E-state index in [1.165, 1.54) is 12.1 Å². The molecule has 2 amide bonds. The molecule has 0 unspecified atom stereocenters. The maximum atomic E-state index is 13.2. The second-order valence-corrected chi connectivity index (χ2v) is 7.37. The molecule has 2 aromatic rings. The molecule has 5 nitrogen and oxygen atoms in total. The van der Waals surface area contributed by atoms with Crippen LogP contribution in [0.25, 0.3) is 0 Å². The second kappa shape index (κ2) is 10.6. The summed E-state index contributed by atoms with van der Waals surface area (Å²) in [7, 11) is 0. The molecule has 2 rings (SSSR count). The molecule has 0 aliphatic rings. The van der Waals surface area contributed by atoms with Gasteiger partial charge in [-0.25, -0.2) is 4.39 Å². The molecule has 1 heterocycles. The fraction of sp³-hybridized carbons (Fsp3) is 0.455. The smallest absolute Gasteiger partial charge is 0.242 e. The van der Waals surface area contributed by atoms with E-state index in [2.05, 4.69) is 0 Å². The van der Waals surface area contributed by atoms with Gasteiger partial charge in [0.1, 0.15) is 11.6 Å². The predicted octanol–water partition coefficient (Wildman–Crippen LogP) is 4.23. The van der Waals surface area contributed by atoms with Crippen LogP contribution in [0, 0.1) is 11.7 Å². The van der Waals surface area contributed by atoms with Crippen molar-refractivity contribution < 1.29 is 18.4 Å². The van der Waals surface area contributed by atoms with Crippen molar-refractivity contribution in [2.24, 2.45) is 5.92 Å². The van der Waals surface area contributed by atoms with Gasteiger partial charge in [0.05, 0.1) is 19.4 Å². The molecule has 6 heteroatoms. The summed E-state index contributed by atoms with van der Waals surface area (Å²) >= 11 is 0. The highest BCUT2D eigenvalue weighted by Crippen LogP contribution is 2.13. The number of furan rings is 1. The molecule has 0 spiro atoms. The monoisotopic (exact) mass is 388 g/mol. The number of halogens is 1. The molecule has 0 fully saturated rings. The Hall–Kier alpha value is -2.63. The molecule has 1 aromatic heterocycles. The van der Waals surface area contributed by atoms with Crippen LogP contribution >= 0.6 is 0 Å². The molecule has 0 aliphatic heterocycles. The third kappa shape index (κ3) is 6.83. The third-order valence-electron chi connectivity index (χ3n) is 4.32. The molecule has 0 radical (unpaired) electrons. The van der Waals surface area contributed by atoms with Crippen molar-refractivity contribution in [1.29, 1.82) is 0 Å². The topological polar surface area (TPSA) is 53.8 Å². The highest BCUT2D eigenvalue weighted by Gasteiger charge is 2.22. The van der Waals surface area contributed by atoms with E-state index in [4.69, 9.17) is 4.42 Å². The van der Waals surface area contributed by atoms with Crippen molar-refractivity contribution in [3.8, 4) is 0 Å². The summed E-state index contributed by atoms with van der Waals surface area (Å²) in [6.45, 7) is 7.14. The Kier molecular flexibility index (Phi) is 8.23. The van der Waals surface area contributed by atoms with E-state index in [1.54, 1.807) is 40.3 Å². The van der Waals surface area contributed by atoms with Gasteiger partial charge in [0.2, 0.25) is 11.8 Å². The highest BCUT2D eigenvalue weighted by atomic mass is 19.1. The number of hydrogen-bond acceptors (Lipinski definition) is 3. The molecule has 1 aromatic carbocycles. The van der Waals surface area contributed by atoms with Gasteiger partial charge in [-0.1, -0.05) is 32.9 Å². The van der Waals surface area contributed by atoms with Gasteiger partial charge in [0.15, 0.2) is 0 Å². The molecule has 0 aliphatic carbocycles.